The van der Waals surface area contributed by atoms with E-state index in [4.69, 9.17) is 5.73 Å². The third-order valence-electron chi connectivity index (χ3n) is 1.73. The number of hydrogen-bond acceptors (Lipinski definition) is 4. The van der Waals surface area contributed by atoms with Gasteiger partial charge < -0.3 is 5.73 Å². The summed E-state index contributed by atoms with van der Waals surface area (Å²) in [5.41, 5.74) is 6.17. The van der Waals surface area contributed by atoms with Crippen LogP contribution in [0, 0.1) is 0 Å². The van der Waals surface area contributed by atoms with Gasteiger partial charge in [0, 0.05) is 0 Å². The molecule has 1 aliphatic heterocycles. The molecule has 1 aromatic rings. The first kappa shape index (κ1) is 6.33. The van der Waals surface area contributed by atoms with Gasteiger partial charge in [0.15, 0.2) is 12.0 Å². The van der Waals surface area contributed by atoms with Gasteiger partial charge in [-0.1, -0.05) is 6.92 Å². The van der Waals surface area contributed by atoms with Crippen molar-refractivity contribution in [1.82, 2.24) is 9.78 Å². The van der Waals surface area contributed by atoms with Crippen molar-refractivity contribution < 1.29 is 0 Å². The van der Waals surface area contributed by atoms with Gasteiger partial charge in [0.05, 0.1) is 11.9 Å². The van der Waals surface area contributed by atoms with Gasteiger partial charge in [0.25, 0.3) is 0 Å². The van der Waals surface area contributed by atoms with Gasteiger partial charge in [0.2, 0.25) is 0 Å². The molecular weight excluding hydrogens is 142 g/mol. The highest BCUT2D eigenvalue weighted by Crippen LogP contribution is 2.33. The van der Waals surface area contributed by atoms with Crippen molar-refractivity contribution in [2.45, 2.75) is 19.5 Å². The fourth-order valence-corrected chi connectivity index (χ4v) is 1.12. The van der Waals surface area contributed by atoms with Gasteiger partial charge in [-0.2, -0.15) is 10.2 Å². The molecule has 0 aromatic carbocycles. The second kappa shape index (κ2) is 2.05. The Hall–Kier alpha value is -1.39. The molecule has 1 aliphatic rings. The second-order valence-electron chi connectivity index (χ2n) is 2.47. The fraction of sp³-hybridized carbons (Fsp3) is 0.500. The van der Waals surface area contributed by atoms with Gasteiger partial charge in [-0.25, -0.2) is 4.68 Å². The topological polar surface area (TPSA) is 68.6 Å². The number of hydrogen-bond donors (Lipinski definition) is 1. The van der Waals surface area contributed by atoms with Crippen molar-refractivity contribution in [3.63, 3.8) is 0 Å². The maximum Gasteiger partial charge on any atom is 0.198 e. The van der Waals surface area contributed by atoms with E-state index < -0.39 is 0 Å². The summed E-state index contributed by atoms with van der Waals surface area (Å²) in [6.45, 7) is 2.04. The smallest absolute Gasteiger partial charge is 0.198 e. The number of nitrogen functional groups attached to an aromatic ring is 1. The van der Waals surface area contributed by atoms with E-state index >= 15 is 0 Å². The summed E-state index contributed by atoms with van der Waals surface area (Å²) in [4.78, 5) is 0. The highest BCUT2D eigenvalue weighted by atomic mass is 15.5. The molecule has 11 heavy (non-hydrogen) atoms. The number of nitrogens with two attached hydrogens (primary N) is 1. The van der Waals surface area contributed by atoms with Crippen LogP contribution in [0.5, 0.6) is 0 Å². The second-order valence-corrected chi connectivity index (χ2v) is 2.47. The molecule has 5 nitrogen and oxygen atoms in total. The van der Waals surface area contributed by atoms with Gasteiger partial charge in [-0.05, 0) is 6.42 Å². The summed E-state index contributed by atoms with van der Waals surface area (Å²) < 4.78 is 1.75. The number of aromatic nitrogens is 2. The molecule has 0 saturated heterocycles. The molecule has 2 heterocycles. The molecule has 0 saturated carbocycles. The molecule has 2 rings (SSSR count). The minimum Gasteiger partial charge on any atom is -0.394 e. The van der Waals surface area contributed by atoms with Gasteiger partial charge in [-0.15, -0.1) is 5.11 Å². The van der Waals surface area contributed by atoms with Crippen molar-refractivity contribution in [3.8, 4) is 0 Å². The Morgan fingerprint density at radius 1 is 1.73 bits per heavy atom. The Balaban J connectivity index is 2.48. The fourth-order valence-electron chi connectivity index (χ4n) is 1.12. The van der Waals surface area contributed by atoms with Crippen LogP contribution in [0.2, 0.25) is 0 Å². The van der Waals surface area contributed by atoms with E-state index in [1.807, 2.05) is 6.92 Å². The maximum absolute atomic E-state index is 5.57. The van der Waals surface area contributed by atoms with E-state index in [2.05, 4.69) is 15.3 Å². The predicted octanol–water partition coefficient (Wildman–Crippen LogP) is 1.47. The molecule has 0 aliphatic carbocycles. The Morgan fingerprint density at radius 2 is 2.55 bits per heavy atom. The summed E-state index contributed by atoms with van der Waals surface area (Å²) in [6.07, 6.45) is 2.57. The number of azo groups is 1. The molecule has 58 valence electrons. The number of fused-ring (bicyclic) bond motifs is 1. The van der Waals surface area contributed by atoms with E-state index in [1.54, 1.807) is 10.9 Å². The van der Waals surface area contributed by atoms with Gasteiger partial charge in [0.1, 0.15) is 0 Å². The quantitative estimate of drug-likeness (QED) is 0.660. The molecule has 1 unspecified atom stereocenters. The molecular formula is C6H9N5. The highest BCUT2D eigenvalue weighted by Gasteiger charge is 2.20. The van der Waals surface area contributed by atoms with Crippen molar-refractivity contribution >= 4 is 11.5 Å². The first-order valence-corrected chi connectivity index (χ1v) is 3.56. The SMILES string of the molecule is CCC1N=Nc2c(N)cnn21. The monoisotopic (exact) mass is 151 g/mol. The van der Waals surface area contributed by atoms with Crippen LogP contribution in [0.15, 0.2) is 16.4 Å². The molecule has 1 atom stereocenters. The van der Waals surface area contributed by atoms with E-state index in [-0.39, 0.29) is 6.17 Å². The lowest BCUT2D eigenvalue weighted by Gasteiger charge is -2.01. The third-order valence-corrected chi connectivity index (χ3v) is 1.73. The average molecular weight is 151 g/mol. The number of nitrogens with zero attached hydrogens (tertiary/aromatic N) is 4. The van der Waals surface area contributed by atoms with Gasteiger partial charge in [-0.3, -0.25) is 0 Å². The largest absolute Gasteiger partial charge is 0.394 e. The molecule has 5 heteroatoms. The minimum atomic E-state index is 0.0577. The van der Waals surface area contributed by atoms with E-state index in [1.165, 1.54) is 0 Å². The zero-order valence-electron chi connectivity index (χ0n) is 6.23. The number of rotatable bonds is 1. The Morgan fingerprint density at radius 3 is 3.27 bits per heavy atom. The molecule has 0 radical (unpaired) electrons. The molecule has 0 fully saturated rings. The zero-order valence-corrected chi connectivity index (χ0v) is 6.23. The van der Waals surface area contributed by atoms with Crippen LogP contribution in [0.25, 0.3) is 0 Å². The van der Waals surface area contributed by atoms with Crippen LogP contribution in [0.3, 0.4) is 0 Å². The van der Waals surface area contributed by atoms with Crippen LogP contribution in [-0.2, 0) is 0 Å². The first-order valence-electron chi connectivity index (χ1n) is 3.56. The summed E-state index contributed by atoms with van der Waals surface area (Å²) in [6, 6.07) is 0. The van der Waals surface area contributed by atoms with Crippen molar-refractivity contribution in [3.05, 3.63) is 6.20 Å². The van der Waals surface area contributed by atoms with Crippen LogP contribution < -0.4 is 5.73 Å². The third kappa shape index (κ3) is 0.736. The zero-order chi connectivity index (χ0) is 7.84. The summed E-state index contributed by atoms with van der Waals surface area (Å²) in [7, 11) is 0. The summed E-state index contributed by atoms with van der Waals surface area (Å²) in [5.74, 6) is 0.692. The van der Waals surface area contributed by atoms with Crippen LogP contribution >= 0.6 is 0 Å². The van der Waals surface area contributed by atoms with Gasteiger partial charge >= 0.3 is 0 Å². The van der Waals surface area contributed by atoms with Crippen molar-refractivity contribution in [2.75, 3.05) is 5.73 Å². The summed E-state index contributed by atoms with van der Waals surface area (Å²) in [5, 5.41) is 12.0. The Labute approximate surface area is 63.9 Å². The molecule has 1 aromatic heterocycles. The van der Waals surface area contributed by atoms with Crippen LogP contribution in [0.1, 0.15) is 19.5 Å². The van der Waals surface area contributed by atoms with Crippen LogP contribution in [-0.4, -0.2) is 9.78 Å². The predicted molar refractivity (Wildman–Crippen MR) is 40.5 cm³/mol. The van der Waals surface area contributed by atoms with Crippen LogP contribution in [0.4, 0.5) is 11.5 Å². The molecule has 0 bridgehead atoms. The van der Waals surface area contributed by atoms with Crippen molar-refractivity contribution in [1.29, 1.82) is 0 Å². The van der Waals surface area contributed by atoms with Crippen molar-refractivity contribution in [2.24, 2.45) is 10.2 Å². The molecule has 0 amide bonds. The van der Waals surface area contributed by atoms with E-state index in [0.717, 1.165) is 6.42 Å². The van der Waals surface area contributed by atoms with E-state index in [9.17, 15) is 0 Å². The Kier molecular flexibility index (Phi) is 1.18. The van der Waals surface area contributed by atoms with E-state index in [0.29, 0.717) is 11.5 Å². The first-order chi connectivity index (χ1) is 5.33. The molecule has 0 spiro atoms. The minimum absolute atomic E-state index is 0.0577. The lowest BCUT2D eigenvalue weighted by Crippen LogP contribution is -2.01. The standard InChI is InChI=1S/C6H9N5/c1-2-5-9-10-6-4(7)3-8-11(5)6/h3,5H,2,7H2,1H3. The molecule has 2 N–H and O–H groups in total. The average Bonchev–Trinajstić information content (AvgIpc) is 2.53. The lowest BCUT2D eigenvalue weighted by atomic mass is 10.4. The maximum atomic E-state index is 5.57. The Bertz CT molecular complexity index is 300. The lowest BCUT2D eigenvalue weighted by molar-refractivity contribution is 0.480. The number of anilines is 1. The highest BCUT2D eigenvalue weighted by molar-refractivity contribution is 5.57. The summed E-state index contributed by atoms with van der Waals surface area (Å²) >= 11 is 0. The normalized spacial score (nSPS) is 20.6.